The molecular weight excluding hydrogens is 485 g/mol. The van der Waals surface area contributed by atoms with Crippen LogP contribution in [-0.4, -0.2) is 44.1 Å². The number of nitrogens with one attached hydrogen (secondary N) is 2. The van der Waals surface area contributed by atoms with Gasteiger partial charge < -0.3 is 15.7 Å². The SMILES string of the molecule is CC(C)(C)N(Cc1ncccc1CNC(=O)c1ccc(Cl)nc1NCCc1cccc(F)c1)C(=O)O. The summed E-state index contributed by atoms with van der Waals surface area (Å²) in [7, 11) is 0. The van der Waals surface area contributed by atoms with Gasteiger partial charge in [-0.15, -0.1) is 0 Å². The van der Waals surface area contributed by atoms with Crippen LogP contribution in [0, 0.1) is 5.82 Å². The monoisotopic (exact) mass is 513 g/mol. The van der Waals surface area contributed by atoms with Gasteiger partial charge in [-0.05, 0) is 68.7 Å². The van der Waals surface area contributed by atoms with E-state index in [4.69, 9.17) is 11.6 Å². The fourth-order valence-corrected chi connectivity index (χ4v) is 3.71. The lowest BCUT2D eigenvalue weighted by atomic mass is 10.1. The average molecular weight is 514 g/mol. The number of anilines is 1. The highest BCUT2D eigenvalue weighted by molar-refractivity contribution is 6.29. The van der Waals surface area contributed by atoms with E-state index in [1.807, 2.05) is 26.8 Å². The Bertz CT molecular complexity index is 1230. The molecule has 0 saturated heterocycles. The molecule has 2 amide bonds. The quantitative estimate of drug-likeness (QED) is 0.342. The number of halogens is 2. The molecule has 1 aromatic carbocycles. The molecule has 0 spiro atoms. The van der Waals surface area contributed by atoms with E-state index in [0.29, 0.717) is 35.6 Å². The van der Waals surface area contributed by atoms with Gasteiger partial charge in [0.2, 0.25) is 0 Å². The van der Waals surface area contributed by atoms with Crippen LogP contribution in [0.1, 0.15) is 48.0 Å². The first kappa shape index (κ1) is 26.9. The van der Waals surface area contributed by atoms with Crippen molar-refractivity contribution in [3.8, 4) is 0 Å². The number of carbonyl (C=O) groups is 2. The lowest BCUT2D eigenvalue weighted by Gasteiger charge is -2.33. The summed E-state index contributed by atoms with van der Waals surface area (Å²) >= 11 is 6.05. The van der Waals surface area contributed by atoms with E-state index in [1.165, 1.54) is 23.1 Å². The van der Waals surface area contributed by atoms with E-state index in [0.717, 1.165) is 5.56 Å². The second-order valence-corrected chi connectivity index (χ2v) is 9.56. The molecule has 0 atom stereocenters. The molecule has 36 heavy (non-hydrogen) atoms. The van der Waals surface area contributed by atoms with Gasteiger partial charge in [-0.3, -0.25) is 14.7 Å². The summed E-state index contributed by atoms with van der Waals surface area (Å²) in [6.07, 6.45) is 1.07. The molecule has 0 aliphatic carbocycles. The van der Waals surface area contributed by atoms with Crippen LogP contribution in [0.25, 0.3) is 0 Å². The largest absolute Gasteiger partial charge is 0.465 e. The van der Waals surface area contributed by atoms with Crippen LogP contribution in [0.3, 0.4) is 0 Å². The van der Waals surface area contributed by atoms with Gasteiger partial charge in [-0.2, -0.15) is 0 Å². The van der Waals surface area contributed by atoms with E-state index < -0.39 is 11.6 Å². The topological polar surface area (TPSA) is 107 Å². The van der Waals surface area contributed by atoms with Gasteiger partial charge in [-0.25, -0.2) is 14.2 Å². The first-order valence-electron chi connectivity index (χ1n) is 11.4. The third kappa shape index (κ3) is 7.39. The van der Waals surface area contributed by atoms with Crippen LogP contribution in [0.4, 0.5) is 15.0 Å². The highest BCUT2D eigenvalue weighted by Crippen LogP contribution is 2.20. The Kier molecular flexibility index (Phi) is 8.82. The summed E-state index contributed by atoms with van der Waals surface area (Å²) in [4.78, 5) is 34.7. The lowest BCUT2D eigenvalue weighted by molar-refractivity contribution is 0.0927. The Morgan fingerprint density at radius 3 is 2.61 bits per heavy atom. The first-order valence-corrected chi connectivity index (χ1v) is 11.8. The van der Waals surface area contributed by atoms with Crippen molar-refractivity contribution in [2.24, 2.45) is 0 Å². The van der Waals surface area contributed by atoms with Crippen molar-refractivity contribution in [1.29, 1.82) is 0 Å². The van der Waals surface area contributed by atoms with Gasteiger partial charge in [0.25, 0.3) is 5.91 Å². The second kappa shape index (κ2) is 11.8. The number of hydrogen-bond donors (Lipinski definition) is 3. The third-order valence-electron chi connectivity index (χ3n) is 5.47. The summed E-state index contributed by atoms with van der Waals surface area (Å²) in [6, 6.07) is 12.9. The zero-order chi connectivity index (χ0) is 26.3. The van der Waals surface area contributed by atoms with Crippen molar-refractivity contribution in [3.63, 3.8) is 0 Å². The van der Waals surface area contributed by atoms with E-state index in [2.05, 4.69) is 20.6 Å². The number of nitrogens with zero attached hydrogens (tertiary/aromatic N) is 3. The molecule has 0 bridgehead atoms. The minimum absolute atomic E-state index is 0.0836. The highest BCUT2D eigenvalue weighted by Gasteiger charge is 2.27. The summed E-state index contributed by atoms with van der Waals surface area (Å²) in [6.45, 7) is 6.07. The Morgan fingerprint density at radius 2 is 1.92 bits per heavy atom. The normalized spacial score (nSPS) is 11.1. The molecule has 0 unspecified atom stereocenters. The Balaban J connectivity index is 1.70. The van der Waals surface area contributed by atoms with Gasteiger partial charge in [-0.1, -0.05) is 29.8 Å². The molecule has 2 heterocycles. The standard InChI is InChI=1S/C26H29ClFN5O3/c1-26(2,3)33(25(35)36)16-21-18(7-5-12-29-21)15-31-24(34)20-9-10-22(27)32-23(20)30-13-11-17-6-4-8-19(28)14-17/h4-10,12,14H,11,13,15-16H2,1-3H3,(H,30,32)(H,31,34)(H,35,36). The molecule has 3 aromatic rings. The molecule has 10 heteroatoms. The molecule has 0 aliphatic heterocycles. The maximum atomic E-state index is 13.4. The molecular formula is C26H29ClFN5O3. The smallest absolute Gasteiger partial charge is 0.408 e. The van der Waals surface area contributed by atoms with Crippen LogP contribution in [0.15, 0.2) is 54.7 Å². The van der Waals surface area contributed by atoms with Gasteiger partial charge in [0.05, 0.1) is 17.8 Å². The molecule has 190 valence electrons. The number of carboxylic acid groups (broad SMARTS) is 1. The van der Waals surface area contributed by atoms with Gasteiger partial charge >= 0.3 is 6.09 Å². The van der Waals surface area contributed by atoms with Gasteiger partial charge in [0.15, 0.2) is 0 Å². The molecule has 8 nitrogen and oxygen atoms in total. The molecule has 0 fully saturated rings. The van der Waals surface area contributed by atoms with Crippen LogP contribution >= 0.6 is 11.6 Å². The fourth-order valence-electron chi connectivity index (χ4n) is 3.56. The number of carbonyl (C=O) groups excluding carboxylic acids is 1. The van der Waals surface area contributed by atoms with Crippen LogP contribution in [0.5, 0.6) is 0 Å². The van der Waals surface area contributed by atoms with Crippen LogP contribution in [0.2, 0.25) is 5.15 Å². The molecule has 3 rings (SSSR count). The maximum absolute atomic E-state index is 13.4. The van der Waals surface area contributed by atoms with Gasteiger partial charge in [0.1, 0.15) is 16.8 Å². The zero-order valence-corrected chi connectivity index (χ0v) is 21.1. The fraction of sp³-hybridized carbons (Fsp3) is 0.308. The summed E-state index contributed by atoms with van der Waals surface area (Å²) in [5, 5.41) is 15.8. The predicted molar refractivity (Wildman–Crippen MR) is 137 cm³/mol. The van der Waals surface area contributed by atoms with E-state index >= 15 is 0 Å². The number of amides is 2. The number of benzene rings is 1. The van der Waals surface area contributed by atoms with Crippen molar-refractivity contribution < 1.29 is 19.1 Å². The molecule has 2 aromatic heterocycles. The summed E-state index contributed by atoms with van der Waals surface area (Å²) in [5.41, 5.74) is 1.74. The first-order chi connectivity index (χ1) is 17.0. The van der Waals surface area contributed by atoms with Crippen molar-refractivity contribution in [1.82, 2.24) is 20.2 Å². The third-order valence-corrected chi connectivity index (χ3v) is 5.68. The highest BCUT2D eigenvalue weighted by atomic mass is 35.5. The van der Waals surface area contributed by atoms with Crippen molar-refractivity contribution in [3.05, 3.63) is 88.1 Å². The Hall–Kier alpha value is -3.72. The number of aromatic nitrogens is 2. The van der Waals surface area contributed by atoms with E-state index in [1.54, 1.807) is 30.5 Å². The zero-order valence-electron chi connectivity index (χ0n) is 20.4. The van der Waals surface area contributed by atoms with E-state index in [-0.39, 0.29) is 30.0 Å². The van der Waals surface area contributed by atoms with Crippen LogP contribution < -0.4 is 10.6 Å². The second-order valence-electron chi connectivity index (χ2n) is 9.17. The Morgan fingerprint density at radius 1 is 1.14 bits per heavy atom. The van der Waals surface area contributed by atoms with Crippen molar-refractivity contribution in [2.75, 3.05) is 11.9 Å². The summed E-state index contributed by atoms with van der Waals surface area (Å²) in [5.74, 6) is -0.377. The minimum atomic E-state index is -1.05. The molecule has 3 N–H and O–H groups in total. The minimum Gasteiger partial charge on any atom is -0.465 e. The maximum Gasteiger partial charge on any atom is 0.408 e. The van der Waals surface area contributed by atoms with Crippen LogP contribution in [-0.2, 0) is 19.5 Å². The van der Waals surface area contributed by atoms with E-state index in [9.17, 15) is 19.1 Å². The predicted octanol–water partition coefficient (Wildman–Crippen LogP) is 5.13. The Labute approximate surface area is 214 Å². The number of hydrogen-bond acceptors (Lipinski definition) is 5. The number of rotatable bonds is 9. The van der Waals surface area contributed by atoms with Crippen molar-refractivity contribution in [2.45, 2.75) is 45.8 Å². The lowest BCUT2D eigenvalue weighted by Crippen LogP contribution is -2.44. The molecule has 0 aliphatic rings. The van der Waals surface area contributed by atoms with Crippen molar-refractivity contribution >= 4 is 29.4 Å². The summed E-state index contributed by atoms with van der Waals surface area (Å²) < 4.78 is 13.4. The number of pyridine rings is 2. The van der Waals surface area contributed by atoms with Gasteiger partial charge in [0, 0.05) is 24.8 Å². The average Bonchev–Trinajstić information content (AvgIpc) is 2.81. The molecule has 0 saturated carbocycles. The molecule has 0 radical (unpaired) electrons.